The quantitative estimate of drug-likeness (QED) is 0.709. The third-order valence-corrected chi connectivity index (χ3v) is 2.47. The van der Waals surface area contributed by atoms with Crippen molar-refractivity contribution in [2.75, 3.05) is 5.32 Å². The highest BCUT2D eigenvalue weighted by Crippen LogP contribution is 2.09. The van der Waals surface area contributed by atoms with Crippen LogP contribution in [0.3, 0.4) is 0 Å². The fourth-order valence-corrected chi connectivity index (χ4v) is 1.56. The van der Waals surface area contributed by atoms with Crippen LogP contribution in [0.5, 0.6) is 0 Å². The van der Waals surface area contributed by atoms with Gasteiger partial charge in [0.05, 0.1) is 0 Å². The highest BCUT2D eigenvalue weighted by atomic mass is 16.4. The lowest BCUT2D eigenvalue weighted by Gasteiger charge is -2.14. The minimum atomic E-state index is -1.05. The smallest absolute Gasteiger partial charge is 0.326 e. The molecule has 0 aliphatic carbocycles. The summed E-state index contributed by atoms with van der Waals surface area (Å²) in [6, 6.07) is 5.31. The predicted octanol–water partition coefficient (Wildman–Crippen LogP) is 2.04. The van der Waals surface area contributed by atoms with Gasteiger partial charge in [-0.2, -0.15) is 0 Å². The van der Waals surface area contributed by atoms with E-state index >= 15 is 0 Å². The summed E-state index contributed by atoms with van der Waals surface area (Å²) in [6.07, 6.45) is 6.31. The topological polar surface area (TPSA) is 78.4 Å². The van der Waals surface area contributed by atoms with Gasteiger partial charge < -0.3 is 15.7 Å². The number of nitrogens with one attached hydrogen (secondary N) is 2. The van der Waals surface area contributed by atoms with Gasteiger partial charge >= 0.3 is 12.0 Å². The van der Waals surface area contributed by atoms with Crippen molar-refractivity contribution in [3.05, 3.63) is 29.8 Å². The summed E-state index contributed by atoms with van der Waals surface area (Å²) in [5.41, 5.74) is 1.16. The van der Waals surface area contributed by atoms with Crippen molar-refractivity contribution in [2.24, 2.45) is 0 Å². The van der Waals surface area contributed by atoms with Crippen molar-refractivity contribution >= 4 is 17.7 Å². The molecule has 1 aromatic rings. The van der Waals surface area contributed by atoms with E-state index < -0.39 is 18.0 Å². The molecular formula is C14H16N2O3. The van der Waals surface area contributed by atoms with Gasteiger partial charge in [-0.1, -0.05) is 25.3 Å². The van der Waals surface area contributed by atoms with E-state index in [1.54, 1.807) is 24.3 Å². The molecule has 1 atom stereocenters. The second kappa shape index (κ2) is 7.07. The van der Waals surface area contributed by atoms with Crippen molar-refractivity contribution < 1.29 is 14.7 Å². The van der Waals surface area contributed by atoms with Crippen LogP contribution in [0.15, 0.2) is 24.3 Å². The number of hydrogen-bond donors (Lipinski definition) is 3. The molecule has 0 unspecified atom stereocenters. The van der Waals surface area contributed by atoms with Gasteiger partial charge in [0.2, 0.25) is 0 Å². The van der Waals surface area contributed by atoms with Crippen molar-refractivity contribution in [3.8, 4) is 12.3 Å². The molecule has 0 spiro atoms. The molecule has 5 nitrogen and oxygen atoms in total. The molecule has 0 aromatic heterocycles. The number of carbonyl (C=O) groups is 2. The van der Waals surface area contributed by atoms with E-state index in [1.807, 2.05) is 6.92 Å². The van der Waals surface area contributed by atoms with Crippen LogP contribution in [0.1, 0.15) is 25.3 Å². The number of rotatable bonds is 5. The molecule has 19 heavy (non-hydrogen) atoms. The van der Waals surface area contributed by atoms with Crippen molar-refractivity contribution in [1.82, 2.24) is 5.32 Å². The van der Waals surface area contributed by atoms with Crippen molar-refractivity contribution in [2.45, 2.75) is 25.8 Å². The van der Waals surface area contributed by atoms with E-state index in [9.17, 15) is 9.59 Å². The van der Waals surface area contributed by atoms with E-state index in [1.165, 1.54) is 0 Å². The first-order valence-electron chi connectivity index (χ1n) is 5.93. The second-order valence-corrected chi connectivity index (χ2v) is 4.00. The largest absolute Gasteiger partial charge is 0.480 e. The average molecular weight is 260 g/mol. The maximum absolute atomic E-state index is 11.7. The Bertz CT molecular complexity index is 506. The number of carboxylic acid groups (broad SMARTS) is 1. The molecule has 0 saturated carbocycles. The Morgan fingerprint density at radius 3 is 2.79 bits per heavy atom. The molecule has 0 aliphatic rings. The van der Waals surface area contributed by atoms with Gasteiger partial charge in [0.1, 0.15) is 6.04 Å². The van der Waals surface area contributed by atoms with Gasteiger partial charge in [-0.15, -0.1) is 6.42 Å². The highest BCUT2D eigenvalue weighted by molar-refractivity contribution is 5.92. The second-order valence-electron chi connectivity index (χ2n) is 4.00. The maximum Gasteiger partial charge on any atom is 0.326 e. The summed E-state index contributed by atoms with van der Waals surface area (Å²) in [4.78, 5) is 22.6. The summed E-state index contributed by atoms with van der Waals surface area (Å²) in [5.74, 6) is 1.41. The molecule has 1 aromatic carbocycles. The number of benzene rings is 1. The molecule has 0 radical (unpaired) electrons. The van der Waals surface area contributed by atoms with Crippen LogP contribution in [-0.2, 0) is 4.79 Å². The van der Waals surface area contributed by atoms with Gasteiger partial charge in [0, 0.05) is 11.3 Å². The summed E-state index contributed by atoms with van der Waals surface area (Å²) in [5, 5.41) is 13.9. The monoisotopic (exact) mass is 260 g/mol. The van der Waals surface area contributed by atoms with Gasteiger partial charge in [-0.05, 0) is 24.6 Å². The Morgan fingerprint density at radius 2 is 2.21 bits per heavy atom. The number of anilines is 1. The Morgan fingerprint density at radius 1 is 1.47 bits per heavy atom. The lowest BCUT2D eigenvalue weighted by atomic mass is 10.2. The number of amides is 2. The molecule has 0 fully saturated rings. The highest BCUT2D eigenvalue weighted by Gasteiger charge is 2.18. The third-order valence-electron chi connectivity index (χ3n) is 2.47. The number of aliphatic carboxylic acids is 1. The minimum Gasteiger partial charge on any atom is -0.480 e. The van der Waals surface area contributed by atoms with Crippen LogP contribution >= 0.6 is 0 Å². The Hall–Kier alpha value is -2.48. The molecule has 2 amide bonds. The molecule has 1 rings (SSSR count). The normalized spacial score (nSPS) is 11.2. The van der Waals surface area contributed by atoms with Gasteiger partial charge in [-0.3, -0.25) is 0 Å². The number of hydrogen-bond acceptors (Lipinski definition) is 2. The zero-order valence-electron chi connectivity index (χ0n) is 10.6. The predicted molar refractivity (Wildman–Crippen MR) is 72.9 cm³/mol. The maximum atomic E-state index is 11.7. The number of carbonyl (C=O) groups excluding carboxylic acids is 1. The standard InChI is InChI=1S/C14H16N2O3/c1-3-6-12(13(17)18)16-14(19)15-11-8-5-7-10(4-2)9-11/h2,5,7-9,12H,3,6H2,1H3,(H,17,18)(H2,15,16,19)/t12-/m0/s1. The van der Waals surface area contributed by atoms with Gasteiger partial charge in [-0.25, -0.2) is 9.59 Å². The summed E-state index contributed by atoms with van der Waals surface area (Å²) >= 11 is 0. The fourth-order valence-electron chi connectivity index (χ4n) is 1.56. The van der Waals surface area contributed by atoms with Crippen LogP contribution < -0.4 is 10.6 Å². The summed E-state index contributed by atoms with van der Waals surface area (Å²) in [6.45, 7) is 1.85. The van der Waals surface area contributed by atoms with E-state index in [4.69, 9.17) is 11.5 Å². The zero-order valence-corrected chi connectivity index (χ0v) is 10.6. The zero-order chi connectivity index (χ0) is 14.3. The first-order chi connectivity index (χ1) is 9.06. The Balaban J connectivity index is 2.63. The number of terminal acetylenes is 1. The Labute approximate surface area is 112 Å². The van der Waals surface area contributed by atoms with Crippen LogP contribution in [0.2, 0.25) is 0 Å². The molecule has 0 aliphatic heterocycles. The number of urea groups is 1. The lowest BCUT2D eigenvalue weighted by Crippen LogP contribution is -2.42. The van der Waals surface area contributed by atoms with E-state index in [2.05, 4.69) is 16.6 Å². The van der Waals surface area contributed by atoms with Crippen LogP contribution in [0.4, 0.5) is 10.5 Å². The molecule has 3 N–H and O–H groups in total. The van der Waals surface area contributed by atoms with E-state index in [0.29, 0.717) is 24.1 Å². The third kappa shape index (κ3) is 4.72. The molecular weight excluding hydrogens is 244 g/mol. The van der Waals surface area contributed by atoms with Crippen molar-refractivity contribution in [1.29, 1.82) is 0 Å². The SMILES string of the molecule is C#Cc1cccc(NC(=O)N[C@@H](CCC)C(=O)O)c1. The first-order valence-corrected chi connectivity index (χ1v) is 5.93. The molecule has 0 saturated heterocycles. The average Bonchev–Trinajstić information content (AvgIpc) is 2.38. The molecule has 100 valence electrons. The first kappa shape index (κ1) is 14.6. The fraction of sp³-hybridized carbons (Fsp3) is 0.286. The van der Waals surface area contributed by atoms with Gasteiger partial charge in [0.25, 0.3) is 0 Å². The summed E-state index contributed by atoms with van der Waals surface area (Å²) in [7, 11) is 0. The molecule has 0 bridgehead atoms. The minimum absolute atomic E-state index is 0.382. The molecule has 5 heteroatoms. The number of carboxylic acids is 1. The van der Waals surface area contributed by atoms with Crippen LogP contribution in [0, 0.1) is 12.3 Å². The van der Waals surface area contributed by atoms with Crippen LogP contribution in [-0.4, -0.2) is 23.1 Å². The van der Waals surface area contributed by atoms with Gasteiger partial charge in [0.15, 0.2) is 0 Å². The summed E-state index contributed by atoms with van der Waals surface area (Å²) < 4.78 is 0. The Kier molecular flexibility index (Phi) is 5.42. The molecule has 0 heterocycles. The lowest BCUT2D eigenvalue weighted by molar-refractivity contribution is -0.139. The van der Waals surface area contributed by atoms with Crippen molar-refractivity contribution in [3.63, 3.8) is 0 Å². The van der Waals surface area contributed by atoms with Crippen LogP contribution in [0.25, 0.3) is 0 Å². The van der Waals surface area contributed by atoms with E-state index in [0.717, 1.165) is 0 Å². The van der Waals surface area contributed by atoms with E-state index in [-0.39, 0.29) is 0 Å².